The van der Waals surface area contributed by atoms with E-state index in [0.717, 1.165) is 5.56 Å². The molecule has 0 aliphatic carbocycles. The maximum atomic E-state index is 13.0. The lowest BCUT2D eigenvalue weighted by Crippen LogP contribution is -2.45. The largest absolute Gasteiger partial charge is 0.395 e. The molecule has 0 radical (unpaired) electrons. The maximum absolute atomic E-state index is 13.0. The summed E-state index contributed by atoms with van der Waals surface area (Å²) in [5, 5.41) is 9.37. The summed E-state index contributed by atoms with van der Waals surface area (Å²) in [7, 11) is 0. The van der Waals surface area contributed by atoms with Crippen LogP contribution in [0, 0.1) is 0 Å². The molecular weight excluding hydrogens is 356 g/mol. The Morgan fingerprint density at radius 2 is 1.64 bits per heavy atom. The van der Waals surface area contributed by atoms with E-state index in [2.05, 4.69) is 0 Å². The fraction of sp³-hybridized carbons (Fsp3) is 0.318. The molecule has 0 saturated carbocycles. The third-order valence-corrected chi connectivity index (χ3v) is 4.68. The quantitative estimate of drug-likeness (QED) is 0.809. The van der Waals surface area contributed by atoms with Gasteiger partial charge in [0.05, 0.1) is 17.7 Å². The molecule has 0 saturated heterocycles. The molecule has 146 valence electrons. The van der Waals surface area contributed by atoms with Crippen molar-refractivity contribution < 1.29 is 19.5 Å². The van der Waals surface area contributed by atoms with E-state index in [-0.39, 0.29) is 36.4 Å². The number of aliphatic hydroxyl groups is 1. The van der Waals surface area contributed by atoms with Gasteiger partial charge in [0.15, 0.2) is 0 Å². The predicted molar refractivity (Wildman–Crippen MR) is 105 cm³/mol. The molecule has 28 heavy (non-hydrogen) atoms. The first-order chi connectivity index (χ1) is 13.2. The highest BCUT2D eigenvalue weighted by Crippen LogP contribution is 2.30. The summed E-state index contributed by atoms with van der Waals surface area (Å²) in [6, 6.07) is 14.1. The molecule has 2 aromatic rings. The zero-order valence-electron chi connectivity index (χ0n) is 16.3. The van der Waals surface area contributed by atoms with Gasteiger partial charge in [-0.2, -0.15) is 0 Å². The van der Waals surface area contributed by atoms with Crippen LogP contribution in [-0.2, 0) is 6.54 Å². The van der Waals surface area contributed by atoms with Gasteiger partial charge < -0.3 is 10.0 Å². The molecule has 6 nitrogen and oxygen atoms in total. The van der Waals surface area contributed by atoms with Gasteiger partial charge in [-0.1, -0.05) is 30.3 Å². The summed E-state index contributed by atoms with van der Waals surface area (Å²) in [6.45, 7) is 5.74. The summed E-state index contributed by atoms with van der Waals surface area (Å²) in [5.74, 6) is -1.03. The van der Waals surface area contributed by atoms with Gasteiger partial charge in [0, 0.05) is 24.2 Å². The Labute approximate surface area is 164 Å². The molecule has 0 atom stereocenters. The van der Waals surface area contributed by atoms with Crippen LogP contribution >= 0.6 is 0 Å². The Kier molecular flexibility index (Phi) is 5.34. The van der Waals surface area contributed by atoms with Crippen molar-refractivity contribution in [3.63, 3.8) is 0 Å². The molecule has 0 spiro atoms. The highest BCUT2D eigenvalue weighted by Gasteiger charge is 2.42. The predicted octanol–water partition coefficient (Wildman–Crippen LogP) is 2.72. The summed E-state index contributed by atoms with van der Waals surface area (Å²) >= 11 is 0. The molecule has 1 aliphatic heterocycles. The monoisotopic (exact) mass is 380 g/mol. The smallest absolute Gasteiger partial charge is 0.262 e. The first kappa shape index (κ1) is 19.8. The fourth-order valence-corrected chi connectivity index (χ4v) is 3.34. The number of nitrogens with zero attached hydrogens (tertiary/aromatic N) is 2. The van der Waals surface area contributed by atoms with E-state index < -0.39 is 5.54 Å². The Balaban J connectivity index is 1.90. The highest BCUT2D eigenvalue weighted by molar-refractivity contribution is 6.22. The van der Waals surface area contributed by atoms with Crippen LogP contribution in [-0.4, -0.2) is 51.3 Å². The van der Waals surface area contributed by atoms with E-state index in [1.54, 1.807) is 26.8 Å². The lowest BCUT2D eigenvalue weighted by atomic mass is 10.0. The highest BCUT2D eigenvalue weighted by atomic mass is 16.3. The molecule has 2 aromatic carbocycles. The lowest BCUT2D eigenvalue weighted by molar-refractivity contribution is 0.0507. The second-order valence-corrected chi connectivity index (χ2v) is 7.81. The zero-order valence-corrected chi connectivity index (χ0v) is 16.3. The average molecular weight is 380 g/mol. The number of amides is 3. The summed E-state index contributed by atoms with van der Waals surface area (Å²) in [6.07, 6.45) is 0. The van der Waals surface area contributed by atoms with Gasteiger partial charge in [0.2, 0.25) is 0 Å². The van der Waals surface area contributed by atoms with Crippen molar-refractivity contribution in [1.29, 1.82) is 0 Å². The van der Waals surface area contributed by atoms with Crippen molar-refractivity contribution in [3.05, 3.63) is 70.8 Å². The van der Waals surface area contributed by atoms with E-state index in [4.69, 9.17) is 0 Å². The summed E-state index contributed by atoms with van der Waals surface area (Å²) in [5.41, 5.74) is 1.17. The SMILES string of the molecule is CC(C)(C)N1C(=O)c2ccc(C(=O)N(CCO)Cc3ccccc3)cc2C1=O. The van der Waals surface area contributed by atoms with Gasteiger partial charge >= 0.3 is 0 Å². The fourth-order valence-electron chi connectivity index (χ4n) is 3.34. The lowest BCUT2D eigenvalue weighted by Gasteiger charge is -2.29. The van der Waals surface area contributed by atoms with E-state index in [0.29, 0.717) is 17.7 Å². The standard InChI is InChI=1S/C22H24N2O4/c1-22(2,3)24-20(27)17-10-9-16(13-18(17)21(24)28)19(26)23(11-12-25)14-15-7-5-4-6-8-15/h4-10,13,25H,11-12,14H2,1-3H3. The number of carbonyl (C=O) groups excluding carboxylic acids is 3. The molecule has 0 aromatic heterocycles. The molecule has 1 N–H and O–H groups in total. The van der Waals surface area contributed by atoms with Gasteiger partial charge in [-0.05, 0) is 44.5 Å². The summed E-state index contributed by atoms with van der Waals surface area (Å²) in [4.78, 5) is 41.1. The Bertz CT molecular complexity index is 916. The normalized spacial score (nSPS) is 13.6. The van der Waals surface area contributed by atoms with Crippen molar-refractivity contribution in [2.45, 2.75) is 32.9 Å². The molecule has 1 heterocycles. The molecular formula is C22H24N2O4. The van der Waals surface area contributed by atoms with Crippen LogP contribution < -0.4 is 0 Å². The van der Waals surface area contributed by atoms with E-state index in [1.807, 2.05) is 30.3 Å². The Hall–Kier alpha value is -2.99. The van der Waals surface area contributed by atoms with Crippen molar-refractivity contribution in [2.24, 2.45) is 0 Å². The molecule has 0 unspecified atom stereocenters. The minimum Gasteiger partial charge on any atom is -0.395 e. The van der Waals surface area contributed by atoms with Crippen LogP contribution in [0.5, 0.6) is 0 Å². The van der Waals surface area contributed by atoms with Crippen molar-refractivity contribution in [2.75, 3.05) is 13.2 Å². The molecule has 1 aliphatic rings. The molecule has 0 fully saturated rings. The number of hydrogen-bond donors (Lipinski definition) is 1. The number of hydrogen-bond acceptors (Lipinski definition) is 4. The minimum absolute atomic E-state index is 0.168. The van der Waals surface area contributed by atoms with Crippen molar-refractivity contribution in [3.8, 4) is 0 Å². The van der Waals surface area contributed by atoms with E-state index in [1.165, 1.54) is 21.9 Å². The Morgan fingerprint density at radius 3 is 2.25 bits per heavy atom. The van der Waals surface area contributed by atoms with E-state index >= 15 is 0 Å². The number of aliphatic hydroxyl groups excluding tert-OH is 1. The van der Waals surface area contributed by atoms with Gasteiger partial charge in [0.25, 0.3) is 17.7 Å². The van der Waals surface area contributed by atoms with Crippen molar-refractivity contribution >= 4 is 17.7 Å². The molecule has 0 bridgehead atoms. The Morgan fingerprint density at radius 1 is 1.00 bits per heavy atom. The van der Waals surface area contributed by atoms with Crippen molar-refractivity contribution in [1.82, 2.24) is 9.80 Å². The van der Waals surface area contributed by atoms with Crippen LogP contribution in [0.3, 0.4) is 0 Å². The number of carbonyl (C=O) groups is 3. The van der Waals surface area contributed by atoms with Crippen LogP contribution in [0.1, 0.15) is 57.4 Å². The number of rotatable bonds is 5. The maximum Gasteiger partial charge on any atom is 0.262 e. The summed E-state index contributed by atoms with van der Waals surface area (Å²) < 4.78 is 0. The third-order valence-electron chi connectivity index (χ3n) is 4.68. The first-order valence-corrected chi connectivity index (χ1v) is 9.21. The third kappa shape index (κ3) is 3.68. The second kappa shape index (κ2) is 7.56. The van der Waals surface area contributed by atoms with Gasteiger partial charge in [0.1, 0.15) is 0 Å². The molecule has 3 rings (SSSR count). The number of benzene rings is 2. The minimum atomic E-state index is -0.645. The number of imide groups is 1. The van der Waals surface area contributed by atoms with Gasteiger partial charge in [-0.25, -0.2) is 0 Å². The van der Waals surface area contributed by atoms with E-state index in [9.17, 15) is 19.5 Å². The number of fused-ring (bicyclic) bond motifs is 1. The topological polar surface area (TPSA) is 77.9 Å². The molecule has 6 heteroatoms. The molecule has 3 amide bonds. The first-order valence-electron chi connectivity index (χ1n) is 9.21. The van der Waals surface area contributed by atoms with Crippen LogP contribution in [0.4, 0.5) is 0 Å². The van der Waals surface area contributed by atoms with Gasteiger partial charge in [-0.15, -0.1) is 0 Å². The van der Waals surface area contributed by atoms with Gasteiger partial charge in [-0.3, -0.25) is 19.3 Å². The second-order valence-electron chi connectivity index (χ2n) is 7.81. The van der Waals surface area contributed by atoms with Crippen LogP contribution in [0.2, 0.25) is 0 Å². The zero-order chi connectivity index (χ0) is 20.5. The van der Waals surface area contributed by atoms with Crippen LogP contribution in [0.25, 0.3) is 0 Å². The average Bonchev–Trinajstić information content (AvgIpc) is 2.91. The van der Waals surface area contributed by atoms with Crippen LogP contribution in [0.15, 0.2) is 48.5 Å².